The first-order valence-corrected chi connectivity index (χ1v) is 13.9. The van der Waals surface area contributed by atoms with Crippen LogP contribution >= 0.6 is 15.6 Å². The molecule has 2 aromatic rings. The zero-order chi connectivity index (χ0) is 26.8. The second-order valence-corrected chi connectivity index (χ2v) is 10.8. The van der Waals surface area contributed by atoms with Crippen LogP contribution in [0.25, 0.3) is 0 Å². The summed E-state index contributed by atoms with van der Waals surface area (Å²) in [7, 11) is -10.0. The Kier molecular flexibility index (Phi) is 11.1. The Morgan fingerprint density at radius 3 is 2.19 bits per heavy atom. The zero-order valence-corrected chi connectivity index (χ0v) is 21.7. The van der Waals surface area contributed by atoms with Crippen LogP contribution in [0.15, 0.2) is 77.9 Å². The first-order chi connectivity index (χ1) is 16.9. The number of hydrogen-bond acceptors (Lipinski definition) is 6. The fourth-order valence-corrected chi connectivity index (χ4v) is 4.56. The molecular weight excluding hydrogens is 508 g/mol. The van der Waals surface area contributed by atoms with Gasteiger partial charge in [-0.15, -0.1) is 0 Å². The van der Waals surface area contributed by atoms with Crippen LogP contribution in [0.1, 0.15) is 53.0 Å². The lowest BCUT2D eigenvalue weighted by Gasteiger charge is -2.11. The molecule has 4 N–H and O–H groups in total. The maximum atomic E-state index is 12.6. The van der Waals surface area contributed by atoms with Crippen molar-refractivity contribution in [3.05, 3.63) is 94.6 Å². The smallest absolute Gasteiger partial charge is 0.348 e. The van der Waals surface area contributed by atoms with Crippen LogP contribution in [0.4, 0.5) is 0 Å². The highest BCUT2D eigenvalue weighted by Crippen LogP contribution is 2.57. The molecule has 0 fully saturated rings. The number of phosphoric acid groups is 2. The summed E-state index contributed by atoms with van der Waals surface area (Å²) in [5, 5.41) is 2.82. The number of phosphoric ester groups is 1. The summed E-state index contributed by atoms with van der Waals surface area (Å²) in [6.45, 7) is 3.59. The van der Waals surface area contributed by atoms with Gasteiger partial charge in [0.2, 0.25) is 0 Å². The van der Waals surface area contributed by atoms with Gasteiger partial charge in [0.25, 0.3) is 5.91 Å². The molecule has 0 radical (unpaired) electrons. The van der Waals surface area contributed by atoms with Gasteiger partial charge >= 0.3 is 15.6 Å². The summed E-state index contributed by atoms with van der Waals surface area (Å²) in [6, 6.07) is 15.4. The van der Waals surface area contributed by atoms with Crippen molar-refractivity contribution in [2.75, 3.05) is 13.2 Å². The molecule has 1 amide bonds. The van der Waals surface area contributed by atoms with Crippen LogP contribution in [-0.4, -0.2) is 39.5 Å². The highest BCUT2D eigenvalue weighted by molar-refractivity contribution is 7.60. The Morgan fingerprint density at radius 1 is 0.889 bits per heavy atom. The molecular formula is C24H29NO9P2. The number of amides is 1. The third-order valence-corrected chi connectivity index (χ3v) is 7.01. The Morgan fingerprint density at radius 2 is 1.53 bits per heavy atom. The van der Waals surface area contributed by atoms with Crippen LogP contribution in [-0.2, 0) is 18.0 Å². The third kappa shape index (κ3) is 10.9. The van der Waals surface area contributed by atoms with Crippen LogP contribution in [0.3, 0.4) is 0 Å². The third-order valence-electron chi connectivity index (χ3n) is 4.86. The molecule has 2 aromatic carbocycles. The van der Waals surface area contributed by atoms with E-state index in [0.29, 0.717) is 36.1 Å². The SMILES string of the molecule is C/C(=C\COP(=O)(O)OP(=O)(O)O)CC/C=C(\C)CNC(=O)c1cccc(C(=O)c2ccccc2)c1. The number of hydrogen-bond donors (Lipinski definition) is 4. The topological polar surface area (TPSA) is 159 Å². The summed E-state index contributed by atoms with van der Waals surface area (Å²) in [5.41, 5.74) is 3.09. The van der Waals surface area contributed by atoms with E-state index in [1.54, 1.807) is 55.5 Å². The van der Waals surface area contributed by atoms with Crippen molar-refractivity contribution < 1.29 is 42.2 Å². The van der Waals surface area contributed by atoms with E-state index in [9.17, 15) is 23.6 Å². The highest BCUT2D eigenvalue weighted by atomic mass is 31.3. The zero-order valence-electron chi connectivity index (χ0n) is 19.9. The van der Waals surface area contributed by atoms with Crippen molar-refractivity contribution in [3.8, 4) is 0 Å². The largest absolute Gasteiger partial charge is 0.481 e. The molecule has 194 valence electrons. The van der Waals surface area contributed by atoms with Crippen molar-refractivity contribution in [1.29, 1.82) is 0 Å². The van der Waals surface area contributed by atoms with Gasteiger partial charge in [0.1, 0.15) is 0 Å². The Hall–Kier alpha value is -2.68. The van der Waals surface area contributed by atoms with Crippen molar-refractivity contribution in [3.63, 3.8) is 0 Å². The van der Waals surface area contributed by atoms with Gasteiger partial charge in [-0.2, -0.15) is 4.31 Å². The molecule has 12 heteroatoms. The molecule has 0 bridgehead atoms. The van der Waals surface area contributed by atoms with E-state index in [1.807, 2.05) is 19.1 Å². The van der Waals surface area contributed by atoms with E-state index in [1.165, 1.54) is 6.08 Å². The number of allylic oxidation sites excluding steroid dienone is 2. The van der Waals surface area contributed by atoms with E-state index in [4.69, 9.17) is 9.79 Å². The van der Waals surface area contributed by atoms with Crippen LogP contribution in [0.2, 0.25) is 0 Å². The molecule has 1 atom stereocenters. The van der Waals surface area contributed by atoms with E-state index in [2.05, 4.69) is 14.2 Å². The second-order valence-electron chi connectivity index (χ2n) is 7.93. The van der Waals surface area contributed by atoms with E-state index in [0.717, 1.165) is 11.1 Å². The minimum Gasteiger partial charge on any atom is -0.348 e. The maximum Gasteiger partial charge on any atom is 0.481 e. The number of carbonyl (C=O) groups excluding carboxylic acids is 2. The predicted octanol–water partition coefficient (Wildman–Crippen LogP) is 4.55. The van der Waals surface area contributed by atoms with Crippen LogP contribution < -0.4 is 5.32 Å². The van der Waals surface area contributed by atoms with E-state index < -0.39 is 15.6 Å². The normalized spacial score (nSPS) is 14.2. The second kappa shape index (κ2) is 13.6. The molecule has 0 saturated heterocycles. The number of rotatable bonds is 13. The van der Waals surface area contributed by atoms with Gasteiger partial charge in [-0.1, -0.05) is 65.8 Å². The van der Waals surface area contributed by atoms with Crippen molar-refractivity contribution in [2.24, 2.45) is 0 Å². The average Bonchev–Trinajstić information content (AvgIpc) is 2.81. The molecule has 0 aromatic heterocycles. The monoisotopic (exact) mass is 537 g/mol. The van der Waals surface area contributed by atoms with E-state index in [-0.39, 0.29) is 18.3 Å². The van der Waals surface area contributed by atoms with E-state index >= 15 is 0 Å². The van der Waals surface area contributed by atoms with Gasteiger partial charge in [0.05, 0.1) is 6.61 Å². The molecule has 0 spiro atoms. The standard InChI is InChI=1S/C24H29NO9P2/c1-18(14-15-33-36(31,32)34-35(28,29)30)8-6-9-19(2)17-25-24(27)22-13-7-12-21(16-22)23(26)20-10-4-3-5-11-20/h3-5,7,9-14,16H,6,8,15,17H2,1-2H3,(H,25,27)(H,31,32)(H2,28,29,30)/b18-14+,19-9+. The number of benzene rings is 2. The van der Waals surface area contributed by atoms with Gasteiger partial charge < -0.3 is 20.0 Å². The fraction of sp³-hybridized carbons (Fsp3) is 0.250. The first-order valence-electron chi connectivity index (χ1n) is 10.9. The van der Waals surface area contributed by atoms with Gasteiger partial charge in [0.15, 0.2) is 5.78 Å². The summed E-state index contributed by atoms with van der Waals surface area (Å²) in [4.78, 5) is 51.5. The lowest BCUT2D eigenvalue weighted by atomic mass is 10.0. The molecule has 0 aliphatic heterocycles. The maximum absolute atomic E-state index is 12.6. The molecule has 0 heterocycles. The first kappa shape index (κ1) is 29.5. The molecule has 10 nitrogen and oxygen atoms in total. The summed E-state index contributed by atoms with van der Waals surface area (Å²) in [5.74, 6) is -0.462. The average molecular weight is 537 g/mol. The van der Waals surface area contributed by atoms with Crippen molar-refractivity contribution in [2.45, 2.75) is 26.7 Å². The summed E-state index contributed by atoms with van der Waals surface area (Å²) in [6.07, 6.45) is 4.65. The Balaban J connectivity index is 1.81. The highest BCUT2D eigenvalue weighted by Gasteiger charge is 2.31. The molecule has 2 rings (SSSR count). The van der Waals surface area contributed by atoms with Gasteiger partial charge in [-0.05, 0) is 38.8 Å². The minimum atomic E-state index is -5.14. The summed E-state index contributed by atoms with van der Waals surface area (Å²) >= 11 is 0. The molecule has 0 aliphatic rings. The summed E-state index contributed by atoms with van der Waals surface area (Å²) < 4.78 is 30.2. The Labute approximate surface area is 209 Å². The minimum absolute atomic E-state index is 0.161. The number of carbonyl (C=O) groups is 2. The molecule has 1 unspecified atom stereocenters. The van der Waals surface area contributed by atoms with Crippen molar-refractivity contribution >= 4 is 27.3 Å². The molecule has 0 aliphatic carbocycles. The van der Waals surface area contributed by atoms with Crippen LogP contribution in [0.5, 0.6) is 0 Å². The lowest BCUT2D eigenvalue weighted by Crippen LogP contribution is -2.25. The molecule has 0 saturated carbocycles. The van der Waals surface area contributed by atoms with Gasteiger partial charge in [-0.3, -0.25) is 14.1 Å². The van der Waals surface area contributed by atoms with Gasteiger partial charge in [0, 0.05) is 23.2 Å². The Bertz CT molecular complexity index is 1220. The lowest BCUT2D eigenvalue weighted by molar-refractivity contribution is 0.0956. The van der Waals surface area contributed by atoms with Crippen molar-refractivity contribution in [1.82, 2.24) is 5.32 Å². The van der Waals surface area contributed by atoms with Gasteiger partial charge in [-0.25, -0.2) is 9.13 Å². The fourth-order valence-electron chi connectivity index (χ4n) is 3.03. The number of nitrogens with one attached hydrogen (secondary N) is 1. The molecule has 36 heavy (non-hydrogen) atoms. The predicted molar refractivity (Wildman–Crippen MR) is 134 cm³/mol. The number of ketones is 1. The van der Waals surface area contributed by atoms with Crippen LogP contribution in [0, 0.1) is 0 Å². The quantitative estimate of drug-likeness (QED) is 0.163.